The molecule has 170 valence electrons. The minimum absolute atomic E-state index is 0.0129. The second kappa shape index (κ2) is 9.48. The summed E-state index contributed by atoms with van der Waals surface area (Å²) in [4.78, 5) is 32.6. The average molecular weight is 450 g/mol. The number of carbonyl (C=O) groups excluding carboxylic acids is 2. The molecule has 0 atom stereocenters. The summed E-state index contributed by atoms with van der Waals surface area (Å²) >= 11 is 0. The lowest BCUT2D eigenvalue weighted by Gasteiger charge is -2.17. The van der Waals surface area contributed by atoms with E-state index in [-0.39, 0.29) is 11.8 Å². The normalized spacial score (nSPS) is 13.3. The van der Waals surface area contributed by atoms with Gasteiger partial charge in [-0.2, -0.15) is 0 Å². The predicted octanol–water partition coefficient (Wildman–Crippen LogP) is 5.38. The van der Waals surface area contributed by atoms with Crippen LogP contribution in [0.15, 0.2) is 79.0 Å². The van der Waals surface area contributed by atoms with Gasteiger partial charge in [0.05, 0.1) is 5.52 Å². The molecule has 34 heavy (non-hydrogen) atoms. The van der Waals surface area contributed by atoms with Crippen LogP contribution in [0.1, 0.15) is 44.7 Å². The first kappa shape index (κ1) is 21.8. The first-order valence-electron chi connectivity index (χ1n) is 11.7. The highest BCUT2D eigenvalue weighted by Crippen LogP contribution is 2.25. The molecular formula is C29H27N3O2. The minimum Gasteiger partial charge on any atom is -0.348 e. The number of amides is 2. The first-order valence-corrected chi connectivity index (χ1v) is 11.7. The number of nitrogens with zero attached hydrogens (tertiary/aromatic N) is 2. The Hall–Kier alpha value is -3.99. The molecule has 1 saturated heterocycles. The van der Waals surface area contributed by atoms with E-state index in [2.05, 4.69) is 10.3 Å². The van der Waals surface area contributed by atoms with Crippen molar-refractivity contribution in [2.24, 2.45) is 0 Å². The van der Waals surface area contributed by atoms with E-state index in [9.17, 15) is 9.59 Å². The van der Waals surface area contributed by atoms with Gasteiger partial charge >= 0.3 is 0 Å². The average Bonchev–Trinajstić information content (AvgIpc) is 3.42. The Morgan fingerprint density at radius 3 is 2.44 bits per heavy atom. The zero-order chi connectivity index (χ0) is 23.5. The minimum atomic E-state index is -0.203. The van der Waals surface area contributed by atoms with E-state index in [0.29, 0.717) is 17.7 Å². The molecule has 1 N–H and O–H groups in total. The Kier molecular flexibility index (Phi) is 6.09. The third-order valence-corrected chi connectivity index (χ3v) is 6.34. The molecule has 0 unspecified atom stereocenters. The van der Waals surface area contributed by atoms with Crippen LogP contribution in [0.4, 0.5) is 0 Å². The highest BCUT2D eigenvalue weighted by atomic mass is 16.2. The number of rotatable bonds is 5. The van der Waals surface area contributed by atoms with E-state index in [0.717, 1.165) is 59.1 Å². The van der Waals surface area contributed by atoms with Crippen LogP contribution in [0.5, 0.6) is 0 Å². The number of likely N-dealkylation sites (tertiary alicyclic amines) is 1. The van der Waals surface area contributed by atoms with Gasteiger partial charge in [-0.25, -0.2) is 0 Å². The summed E-state index contributed by atoms with van der Waals surface area (Å²) < 4.78 is 0. The van der Waals surface area contributed by atoms with Crippen molar-refractivity contribution in [1.82, 2.24) is 15.2 Å². The number of fused-ring (bicyclic) bond motifs is 1. The highest BCUT2D eigenvalue weighted by molar-refractivity contribution is 6.01. The Labute approximate surface area is 199 Å². The van der Waals surface area contributed by atoms with Crippen molar-refractivity contribution >= 4 is 22.7 Å². The largest absolute Gasteiger partial charge is 0.348 e. The van der Waals surface area contributed by atoms with Crippen molar-refractivity contribution in [3.8, 4) is 11.1 Å². The summed E-state index contributed by atoms with van der Waals surface area (Å²) in [5, 5.41) is 4.08. The standard InChI is InChI=1S/C29H27N3O2/c1-20-6-9-22(10-7-20)24-16-25(18-26(17-24)29(34)32-13-2-3-14-32)28(33)31-19-21-8-11-23-5-4-12-30-27(23)15-21/h4-12,15-18H,2-3,13-14,19H2,1H3,(H,31,33). The smallest absolute Gasteiger partial charge is 0.253 e. The molecular weight excluding hydrogens is 422 g/mol. The fourth-order valence-corrected chi connectivity index (χ4v) is 4.40. The first-order chi connectivity index (χ1) is 16.6. The van der Waals surface area contributed by atoms with Crippen LogP contribution < -0.4 is 5.32 Å². The maximum atomic E-state index is 13.2. The molecule has 0 bridgehead atoms. The summed E-state index contributed by atoms with van der Waals surface area (Å²) in [5.74, 6) is -0.216. The summed E-state index contributed by atoms with van der Waals surface area (Å²) in [6, 6.07) is 23.5. The molecule has 0 radical (unpaired) electrons. The number of aryl methyl sites for hydroxylation is 1. The molecule has 5 nitrogen and oxygen atoms in total. The molecule has 0 aliphatic carbocycles. The number of benzene rings is 3. The molecule has 5 rings (SSSR count). The predicted molar refractivity (Wildman–Crippen MR) is 135 cm³/mol. The fourth-order valence-electron chi connectivity index (χ4n) is 4.40. The summed E-state index contributed by atoms with van der Waals surface area (Å²) in [6.07, 6.45) is 3.81. The zero-order valence-corrected chi connectivity index (χ0v) is 19.3. The highest BCUT2D eigenvalue weighted by Gasteiger charge is 2.21. The van der Waals surface area contributed by atoms with Crippen LogP contribution in [0.25, 0.3) is 22.0 Å². The van der Waals surface area contributed by atoms with Crippen molar-refractivity contribution in [2.75, 3.05) is 13.1 Å². The van der Waals surface area contributed by atoms with Crippen molar-refractivity contribution < 1.29 is 9.59 Å². The fraction of sp³-hybridized carbons (Fsp3) is 0.207. The van der Waals surface area contributed by atoms with Gasteiger partial charge < -0.3 is 10.2 Å². The van der Waals surface area contributed by atoms with Gasteiger partial charge in [-0.05, 0) is 66.8 Å². The number of hydrogen-bond donors (Lipinski definition) is 1. The van der Waals surface area contributed by atoms with E-state index in [1.165, 1.54) is 0 Å². The SMILES string of the molecule is Cc1ccc(-c2cc(C(=O)NCc3ccc4cccnc4c3)cc(C(=O)N3CCCC3)c2)cc1. The van der Waals surface area contributed by atoms with Crippen molar-refractivity contribution in [2.45, 2.75) is 26.3 Å². The molecule has 3 aromatic carbocycles. The van der Waals surface area contributed by atoms with E-state index in [1.54, 1.807) is 12.3 Å². The van der Waals surface area contributed by atoms with E-state index in [1.807, 2.05) is 78.6 Å². The van der Waals surface area contributed by atoms with Crippen LogP contribution in [0.2, 0.25) is 0 Å². The van der Waals surface area contributed by atoms with Gasteiger partial charge in [0.25, 0.3) is 11.8 Å². The molecule has 5 heteroatoms. The van der Waals surface area contributed by atoms with Crippen molar-refractivity contribution in [3.05, 3.63) is 101 Å². The maximum Gasteiger partial charge on any atom is 0.253 e. The summed E-state index contributed by atoms with van der Waals surface area (Å²) in [5.41, 5.74) is 5.92. The number of pyridine rings is 1. The molecule has 1 aliphatic rings. The second-order valence-electron chi connectivity index (χ2n) is 8.88. The van der Waals surface area contributed by atoms with E-state index < -0.39 is 0 Å². The molecule has 0 saturated carbocycles. The van der Waals surface area contributed by atoms with Gasteiger partial charge in [-0.1, -0.05) is 48.0 Å². The second-order valence-corrected chi connectivity index (χ2v) is 8.88. The third kappa shape index (κ3) is 4.69. The van der Waals surface area contributed by atoms with E-state index in [4.69, 9.17) is 0 Å². The Morgan fingerprint density at radius 2 is 1.65 bits per heavy atom. The quantitative estimate of drug-likeness (QED) is 0.445. The van der Waals surface area contributed by atoms with Crippen molar-refractivity contribution in [1.29, 1.82) is 0 Å². The van der Waals surface area contributed by atoms with E-state index >= 15 is 0 Å². The van der Waals surface area contributed by atoms with Gasteiger partial charge in [0.2, 0.25) is 0 Å². The lowest BCUT2D eigenvalue weighted by Crippen LogP contribution is -2.28. The van der Waals surface area contributed by atoms with Gasteiger partial charge in [0.1, 0.15) is 0 Å². The summed E-state index contributed by atoms with van der Waals surface area (Å²) in [7, 11) is 0. The maximum absolute atomic E-state index is 13.2. The van der Waals surface area contributed by atoms with Crippen LogP contribution >= 0.6 is 0 Å². The molecule has 2 heterocycles. The van der Waals surface area contributed by atoms with Crippen molar-refractivity contribution in [3.63, 3.8) is 0 Å². The number of aromatic nitrogens is 1. The third-order valence-electron chi connectivity index (χ3n) is 6.34. The van der Waals surface area contributed by atoms with Gasteiger partial charge in [0.15, 0.2) is 0 Å². The molecule has 1 aliphatic heterocycles. The van der Waals surface area contributed by atoms with Crippen LogP contribution in [0.3, 0.4) is 0 Å². The van der Waals surface area contributed by atoms with Crippen LogP contribution in [0, 0.1) is 6.92 Å². The zero-order valence-electron chi connectivity index (χ0n) is 19.3. The van der Waals surface area contributed by atoms with Gasteiger partial charge in [-0.3, -0.25) is 14.6 Å². The summed E-state index contributed by atoms with van der Waals surface area (Å²) in [6.45, 7) is 3.96. The Morgan fingerprint density at radius 1 is 0.882 bits per heavy atom. The number of hydrogen-bond acceptors (Lipinski definition) is 3. The Balaban J connectivity index is 1.42. The lowest BCUT2D eigenvalue weighted by molar-refractivity contribution is 0.0793. The molecule has 2 amide bonds. The molecule has 1 aromatic heterocycles. The van der Waals surface area contributed by atoms with Gasteiger partial charge in [0, 0.05) is 42.3 Å². The Bertz CT molecular complexity index is 1360. The monoisotopic (exact) mass is 449 g/mol. The molecule has 4 aromatic rings. The topological polar surface area (TPSA) is 62.3 Å². The number of nitrogens with one attached hydrogen (secondary N) is 1. The van der Waals surface area contributed by atoms with Crippen LogP contribution in [-0.4, -0.2) is 34.8 Å². The van der Waals surface area contributed by atoms with Crippen LogP contribution in [-0.2, 0) is 6.54 Å². The lowest BCUT2D eigenvalue weighted by atomic mass is 9.98. The number of carbonyl (C=O) groups is 2. The molecule has 0 spiro atoms. The molecule has 1 fully saturated rings. The van der Waals surface area contributed by atoms with Gasteiger partial charge in [-0.15, -0.1) is 0 Å².